The van der Waals surface area contributed by atoms with Crippen LogP contribution in [0.3, 0.4) is 0 Å². The molecule has 0 heterocycles. The van der Waals surface area contributed by atoms with Gasteiger partial charge in [0.15, 0.2) is 0 Å². The molecular formula is C17H20FN. The molecule has 0 bridgehead atoms. The van der Waals surface area contributed by atoms with Crippen LogP contribution in [0.4, 0.5) is 4.39 Å². The lowest BCUT2D eigenvalue weighted by Gasteiger charge is -2.14. The van der Waals surface area contributed by atoms with Crippen LogP contribution in [0.1, 0.15) is 30.4 Å². The summed E-state index contributed by atoms with van der Waals surface area (Å²) < 4.78 is 14.1. The zero-order chi connectivity index (χ0) is 13.8. The van der Waals surface area contributed by atoms with Gasteiger partial charge in [-0.25, -0.2) is 4.39 Å². The first-order chi connectivity index (χ1) is 9.13. The molecule has 1 unspecified atom stereocenters. The highest BCUT2D eigenvalue weighted by Gasteiger charge is 2.11. The number of halogens is 1. The van der Waals surface area contributed by atoms with Gasteiger partial charge in [0.2, 0.25) is 0 Å². The predicted octanol–water partition coefficient (Wildman–Crippen LogP) is 4.25. The molecule has 2 rings (SSSR count). The summed E-state index contributed by atoms with van der Waals surface area (Å²) in [5.41, 5.74) is 9.47. The zero-order valence-electron chi connectivity index (χ0n) is 11.5. The van der Waals surface area contributed by atoms with E-state index >= 15 is 0 Å². The zero-order valence-corrected chi connectivity index (χ0v) is 11.5. The molecule has 1 nitrogen and oxygen atoms in total. The molecule has 19 heavy (non-hydrogen) atoms. The average molecular weight is 257 g/mol. The van der Waals surface area contributed by atoms with Crippen molar-refractivity contribution in [3.05, 3.63) is 59.4 Å². The molecule has 0 saturated heterocycles. The minimum atomic E-state index is -0.169. The van der Waals surface area contributed by atoms with E-state index in [2.05, 4.69) is 6.92 Å². The van der Waals surface area contributed by atoms with Crippen molar-refractivity contribution in [2.24, 2.45) is 5.73 Å². The molecule has 2 N–H and O–H groups in total. The minimum absolute atomic E-state index is 0.169. The molecule has 0 aromatic heterocycles. The fourth-order valence-corrected chi connectivity index (χ4v) is 2.35. The highest BCUT2D eigenvalue weighted by atomic mass is 19.1. The summed E-state index contributed by atoms with van der Waals surface area (Å²) in [7, 11) is 0. The largest absolute Gasteiger partial charge is 0.330 e. The second-order valence-corrected chi connectivity index (χ2v) is 5.03. The van der Waals surface area contributed by atoms with Gasteiger partial charge in [-0.15, -0.1) is 0 Å². The van der Waals surface area contributed by atoms with Gasteiger partial charge >= 0.3 is 0 Å². The van der Waals surface area contributed by atoms with E-state index in [1.807, 2.05) is 43.3 Å². The van der Waals surface area contributed by atoms with E-state index in [0.29, 0.717) is 18.0 Å². The van der Waals surface area contributed by atoms with Crippen molar-refractivity contribution in [2.75, 3.05) is 6.54 Å². The van der Waals surface area contributed by atoms with Gasteiger partial charge < -0.3 is 5.73 Å². The first-order valence-electron chi connectivity index (χ1n) is 6.69. The Morgan fingerprint density at radius 3 is 2.53 bits per heavy atom. The Labute approximate surface area is 114 Å². The summed E-state index contributed by atoms with van der Waals surface area (Å²) in [4.78, 5) is 0. The summed E-state index contributed by atoms with van der Waals surface area (Å²) in [6, 6.07) is 13.3. The third-order valence-electron chi connectivity index (χ3n) is 3.59. The van der Waals surface area contributed by atoms with Gasteiger partial charge in [-0.05, 0) is 54.6 Å². The molecule has 0 aliphatic heterocycles. The van der Waals surface area contributed by atoms with Gasteiger partial charge in [0, 0.05) is 5.56 Å². The maximum atomic E-state index is 14.1. The number of hydrogen-bond acceptors (Lipinski definition) is 1. The Morgan fingerprint density at radius 1 is 1.11 bits per heavy atom. The van der Waals surface area contributed by atoms with Crippen LogP contribution in [0.15, 0.2) is 42.5 Å². The fraction of sp³-hybridized carbons (Fsp3) is 0.294. The van der Waals surface area contributed by atoms with Gasteiger partial charge in [-0.2, -0.15) is 0 Å². The Morgan fingerprint density at radius 2 is 1.84 bits per heavy atom. The molecule has 0 aliphatic rings. The Kier molecular flexibility index (Phi) is 4.33. The molecule has 0 saturated carbocycles. The van der Waals surface area contributed by atoms with Gasteiger partial charge in [0.05, 0.1) is 0 Å². The van der Waals surface area contributed by atoms with Gasteiger partial charge in [0.1, 0.15) is 5.82 Å². The first kappa shape index (κ1) is 13.8. The van der Waals surface area contributed by atoms with E-state index in [-0.39, 0.29) is 5.82 Å². The molecule has 0 amide bonds. The molecule has 0 radical (unpaired) electrons. The lowest BCUT2D eigenvalue weighted by molar-refractivity contribution is 0.627. The lowest BCUT2D eigenvalue weighted by Crippen LogP contribution is -2.05. The Balaban J connectivity index is 2.46. The third kappa shape index (κ3) is 3.02. The monoisotopic (exact) mass is 257 g/mol. The quantitative estimate of drug-likeness (QED) is 0.870. The number of hydrogen-bond donors (Lipinski definition) is 1. The maximum absolute atomic E-state index is 14.1. The summed E-state index contributed by atoms with van der Waals surface area (Å²) in [5.74, 6) is 0.186. The molecule has 1 atom stereocenters. The number of benzene rings is 2. The second-order valence-electron chi connectivity index (χ2n) is 5.03. The second kappa shape index (κ2) is 5.98. The van der Waals surface area contributed by atoms with Crippen molar-refractivity contribution in [3.8, 4) is 11.1 Å². The molecular weight excluding hydrogens is 237 g/mol. The van der Waals surface area contributed by atoms with Crippen LogP contribution in [0.2, 0.25) is 0 Å². The van der Waals surface area contributed by atoms with Crippen LogP contribution < -0.4 is 5.73 Å². The highest BCUT2D eigenvalue weighted by molar-refractivity contribution is 5.68. The van der Waals surface area contributed by atoms with Crippen molar-refractivity contribution in [3.63, 3.8) is 0 Å². The van der Waals surface area contributed by atoms with E-state index < -0.39 is 0 Å². The van der Waals surface area contributed by atoms with Crippen LogP contribution in [0.5, 0.6) is 0 Å². The molecule has 2 aromatic carbocycles. The van der Waals surface area contributed by atoms with Crippen molar-refractivity contribution < 1.29 is 4.39 Å². The molecule has 0 spiro atoms. The molecule has 0 aliphatic carbocycles. The molecule has 2 heteroatoms. The van der Waals surface area contributed by atoms with E-state index in [1.54, 1.807) is 6.07 Å². The molecule has 100 valence electrons. The number of rotatable bonds is 4. The van der Waals surface area contributed by atoms with Crippen LogP contribution in [0.25, 0.3) is 11.1 Å². The van der Waals surface area contributed by atoms with Crippen LogP contribution >= 0.6 is 0 Å². The lowest BCUT2D eigenvalue weighted by atomic mass is 9.92. The molecule has 0 fully saturated rings. The summed E-state index contributed by atoms with van der Waals surface area (Å²) >= 11 is 0. The van der Waals surface area contributed by atoms with Crippen molar-refractivity contribution in [1.29, 1.82) is 0 Å². The Bertz CT molecular complexity index is 563. The summed E-state index contributed by atoms with van der Waals surface area (Å²) in [5, 5.41) is 0. The number of nitrogens with two attached hydrogens (primary N) is 1. The third-order valence-corrected chi connectivity index (χ3v) is 3.59. The summed E-state index contributed by atoms with van der Waals surface area (Å²) in [6.07, 6.45) is 0.916. The van der Waals surface area contributed by atoms with E-state index in [0.717, 1.165) is 23.1 Å². The standard InChI is InChI=1S/C17H20FN/c1-12(9-10-19)14-7-8-17(18)16(11-14)15-6-4-3-5-13(15)2/h3-8,11-12H,9-10,19H2,1-2H3. The van der Waals surface area contributed by atoms with E-state index in [4.69, 9.17) is 5.73 Å². The predicted molar refractivity (Wildman–Crippen MR) is 78.7 cm³/mol. The molecule has 2 aromatic rings. The topological polar surface area (TPSA) is 26.0 Å². The summed E-state index contributed by atoms with van der Waals surface area (Å²) in [6.45, 7) is 4.78. The normalized spacial score (nSPS) is 12.4. The number of aryl methyl sites for hydroxylation is 1. The first-order valence-corrected chi connectivity index (χ1v) is 6.69. The van der Waals surface area contributed by atoms with Crippen molar-refractivity contribution in [1.82, 2.24) is 0 Å². The van der Waals surface area contributed by atoms with E-state index in [1.165, 1.54) is 0 Å². The minimum Gasteiger partial charge on any atom is -0.330 e. The fourth-order valence-electron chi connectivity index (χ4n) is 2.35. The maximum Gasteiger partial charge on any atom is 0.131 e. The average Bonchev–Trinajstić information content (AvgIpc) is 2.40. The van der Waals surface area contributed by atoms with Crippen molar-refractivity contribution in [2.45, 2.75) is 26.2 Å². The van der Waals surface area contributed by atoms with Crippen LogP contribution in [-0.2, 0) is 0 Å². The van der Waals surface area contributed by atoms with Crippen LogP contribution in [-0.4, -0.2) is 6.54 Å². The van der Waals surface area contributed by atoms with Gasteiger partial charge in [-0.1, -0.05) is 37.3 Å². The van der Waals surface area contributed by atoms with E-state index in [9.17, 15) is 4.39 Å². The SMILES string of the molecule is Cc1ccccc1-c1cc(C(C)CCN)ccc1F. The van der Waals surface area contributed by atoms with Crippen LogP contribution in [0, 0.1) is 12.7 Å². The van der Waals surface area contributed by atoms with Crippen molar-refractivity contribution >= 4 is 0 Å². The smallest absolute Gasteiger partial charge is 0.131 e. The Hall–Kier alpha value is -1.67. The van der Waals surface area contributed by atoms with Gasteiger partial charge in [-0.3, -0.25) is 0 Å². The van der Waals surface area contributed by atoms with Gasteiger partial charge in [0.25, 0.3) is 0 Å². The highest BCUT2D eigenvalue weighted by Crippen LogP contribution is 2.29.